The standard InChI is InChI=1S/C10H15.C6H5N.2ClH.V/c1-3-4-5-10-7-6-9(2)8-10;7-6-4-2-1-3-5-6;;;/h7H,3-6H2,1-2H3;1-5H;2*1H;/q;;;;+2/p-2. The van der Waals surface area contributed by atoms with Crippen molar-refractivity contribution in [1.29, 1.82) is 0 Å². The SMILES string of the molecule is CCCCC1=CCC(C)=[C]1[V+2]=[N]c1ccccc1.[Cl-].[Cl-]. The van der Waals surface area contributed by atoms with E-state index in [1.165, 1.54) is 19.3 Å². The van der Waals surface area contributed by atoms with E-state index in [0.29, 0.717) is 0 Å². The normalized spacial score (nSPS) is 13.6. The van der Waals surface area contributed by atoms with Gasteiger partial charge in [-0.15, -0.1) is 0 Å². The van der Waals surface area contributed by atoms with Crippen LogP contribution in [0.3, 0.4) is 0 Å². The molecule has 0 saturated heterocycles. The third kappa shape index (κ3) is 5.57. The second kappa shape index (κ2) is 10.4. The van der Waals surface area contributed by atoms with E-state index in [1.54, 1.807) is 15.4 Å². The Morgan fingerprint density at radius 3 is 2.50 bits per heavy atom. The first-order valence-corrected chi connectivity index (χ1v) is 7.99. The van der Waals surface area contributed by atoms with Crippen LogP contribution < -0.4 is 24.8 Å². The van der Waals surface area contributed by atoms with Crippen molar-refractivity contribution in [2.75, 3.05) is 0 Å². The van der Waals surface area contributed by atoms with Crippen LogP contribution in [0.15, 0.2) is 55.6 Å². The minimum atomic E-state index is -0.0629. The minimum Gasteiger partial charge on any atom is -1.00 e. The fourth-order valence-corrected chi connectivity index (χ4v) is 3.55. The first-order chi connectivity index (χ1) is 8.81. The summed E-state index contributed by atoms with van der Waals surface area (Å²) in [6.45, 7) is 4.52. The van der Waals surface area contributed by atoms with E-state index >= 15 is 0 Å². The molecule has 0 radical (unpaired) electrons. The van der Waals surface area contributed by atoms with Gasteiger partial charge in [-0.3, -0.25) is 0 Å². The maximum absolute atomic E-state index is 4.79. The van der Waals surface area contributed by atoms with Crippen molar-refractivity contribution < 1.29 is 40.9 Å². The molecular weight excluding hydrogens is 328 g/mol. The van der Waals surface area contributed by atoms with E-state index in [1.807, 2.05) is 6.07 Å². The maximum Gasteiger partial charge on any atom is -1.00 e. The molecule has 0 spiro atoms. The van der Waals surface area contributed by atoms with Crippen LogP contribution in [-0.4, -0.2) is 0 Å². The molecule has 1 aromatic carbocycles. The molecule has 1 aliphatic rings. The van der Waals surface area contributed by atoms with Gasteiger partial charge in [-0.1, -0.05) is 0 Å². The molecular formula is C16H20Cl2NV. The van der Waals surface area contributed by atoms with Gasteiger partial charge in [0, 0.05) is 0 Å². The second-order valence-electron chi connectivity index (χ2n) is 4.70. The van der Waals surface area contributed by atoms with Crippen LogP contribution in [0, 0.1) is 0 Å². The van der Waals surface area contributed by atoms with Gasteiger partial charge in [0.1, 0.15) is 0 Å². The van der Waals surface area contributed by atoms with Gasteiger partial charge in [0.15, 0.2) is 0 Å². The number of hydrogen-bond acceptors (Lipinski definition) is 1. The Labute approximate surface area is 141 Å². The summed E-state index contributed by atoms with van der Waals surface area (Å²) in [6.07, 6.45) is 7.37. The summed E-state index contributed by atoms with van der Waals surface area (Å²) < 4.78 is 6.36. The minimum absolute atomic E-state index is 0. The first-order valence-electron chi connectivity index (χ1n) is 6.67. The van der Waals surface area contributed by atoms with Crippen molar-refractivity contribution in [3.05, 3.63) is 51.8 Å². The summed E-state index contributed by atoms with van der Waals surface area (Å²) in [5, 5.41) is 0. The molecule has 20 heavy (non-hydrogen) atoms. The number of allylic oxidation sites excluding steroid dienone is 4. The van der Waals surface area contributed by atoms with E-state index < -0.39 is 0 Å². The number of halogens is 2. The van der Waals surface area contributed by atoms with Gasteiger partial charge in [-0.05, 0) is 0 Å². The molecule has 1 aromatic rings. The van der Waals surface area contributed by atoms with E-state index in [9.17, 15) is 0 Å². The van der Waals surface area contributed by atoms with E-state index in [4.69, 9.17) is 3.79 Å². The Morgan fingerprint density at radius 1 is 1.15 bits per heavy atom. The molecule has 0 saturated carbocycles. The molecule has 4 heteroatoms. The van der Waals surface area contributed by atoms with Crippen LogP contribution in [0.2, 0.25) is 0 Å². The Hall–Kier alpha value is -0.336. The van der Waals surface area contributed by atoms with Crippen LogP contribution in [0.4, 0.5) is 5.69 Å². The van der Waals surface area contributed by atoms with Gasteiger partial charge in [0.25, 0.3) is 0 Å². The Morgan fingerprint density at radius 2 is 1.85 bits per heavy atom. The van der Waals surface area contributed by atoms with Crippen molar-refractivity contribution in [3.63, 3.8) is 0 Å². The zero-order valence-electron chi connectivity index (χ0n) is 11.9. The largest absolute Gasteiger partial charge is 1.00 e. The van der Waals surface area contributed by atoms with Crippen molar-refractivity contribution >= 4 is 5.69 Å². The predicted octanol–water partition coefficient (Wildman–Crippen LogP) is -0.613. The molecule has 1 aliphatic carbocycles. The molecule has 0 heterocycles. The Bertz CT molecular complexity index is 492. The monoisotopic (exact) mass is 347 g/mol. The third-order valence-electron chi connectivity index (χ3n) is 3.18. The molecule has 0 bridgehead atoms. The topological polar surface area (TPSA) is 12.4 Å². The molecule has 0 unspecified atom stereocenters. The maximum atomic E-state index is 4.79. The first kappa shape index (κ1) is 19.7. The van der Waals surface area contributed by atoms with E-state index in [2.05, 4.69) is 44.2 Å². The molecule has 0 amide bonds. The molecule has 1 nitrogen and oxygen atoms in total. The average molecular weight is 348 g/mol. The van der Waals surface area contributed by atoms with E-state index in [0.717, 1.165) is 12.1 Å². The summed E-state index contributed by atoms with van der Waals surface area (Å²) in [5.74, 6) is 0. The van der Waals surface area contributed by atoms with Crippen LogP contribution in [0.1, 0.15) is 39.5 Å². The fourth-order valence-electron chi connectivity index (χ4n) is 2.08. The third-order valence-corrected chi connectivity index (χ3v) is 5.06. The Kier molecular flexibility index (Phi) is 10.2. The van der Waals surface area contributed by atoms with Gasteiger partial charge >= 0.3 is 117 Å². The zero-order valence-corrected chi connectivity index (χ0v) is 14.9. The summed E-state index contributed by atoms with van der Waals surface area (Å²) >= 11 is -0.0629. The molecule has 0 atom stereocenters. The van der Waals surface area contributed by atoms with Crippen LogP contribution in [0.25, 0.3) is 0 Å². The van der Waals surface area contributed by atoms with Crippen LogP contribution >= 0.6 is 0 Å². The van der Waals surface area contributed by atoms with Gasteiger partial charge in [-0.2, -0.15) is 0 Å². The molecule has 108 valence electrons. The summed E-state index contributed by atoms with van der Waals surface area (Å²) in [5.41, 5.74) is 4.24. The second-order valence-corrected chi connectivity index (χ2v) is 6.02. The van der Waals surface area contributed by atoms with Gasteiger partial charge in [0.2, 0.25) is 0 Å². The molecule has 0 aromatic heterocycles. The Balaban J connectivity index is 0.00000180. The number of rotatable bonds is 5. The number of unbranched alkanes of at least 4 members (excludes halogenated alkanes) is 1. The van der Waals surface area contributed by atoms with Crippen molar-refractivity contribution in [1.82, 2.24) is 0 Å². The molecule has 0 N–H and O–H groups in total. The summed E-state index contributed by atoms with van der Waals surface area (Å²) in [7, 11) is 0. The number of nitrogens with zero attached hydrogens (tertiary/aromatic N) is 1. The number of benzene rings is 1. The average Bonchev–Trinajstić information content (AvgIpc) is 2.76. The molecule has 2 rings (SSSR count). The predicted molar refractivity (Wildman–Crippen MR) is 73.5 cm³/mol. The fraction of sp³-hybridized carbons (Fsp3) is 0.375. The van der Waals surface area contributed by atoms with Crippen LogP contribution in [-0.2, 0) is 16.1 Å². The summed E-state index contributed by atoms with van der Waals surface area (Å²) in [4.78, 5) is 0. The summed E-state index contributed by atoms with van der Waals surface area (Å²) in [6, 6.07) is 10.3. The van der Waals surface area contributed by atoms with Crippen molar-refractivity contribution in [2.45, 2.75) is 39.5 Å². The zero-order chi connectivity index (χ0) is 12.8. The smallest absolute Gasteiger partial charge is 1.00 e. The van der Waals surface area contributed by atoms with Crippen molar-refractivity contribution in [2.24, 2.45) is 3.79 Å². The van der Waals surface area contributed by atoms with E-state index in [-0.39, 0.29) is 40.9 Å². The van der Waals surface area contributed by atoms with Gasteiger partial charge in [-0.25, -0.2) is 0 Å². The number of hydrogen-bond donors (Lipinski definition) is 0. The quantitative estimate of drug-likeness (QED) is 0.673. The van der Waals surface area contributed by atoms with Gasteiger partial charge < -0.3 is 24.8 Å². The molecule has 0 fully saturated rings. The van der Waals surface area contributed by atoms with Gasteiger partial charge in [0.05, 0.1) is 0 Å². The molecule has 0 aliphatic heterocycles. The van der Waals surface area contributed by atoms with Crippen molar-refractivity contribution in [3.8, 4) is 0 Å². The van der Waals surface area contributed by atoms with Crippen LogP contribution in [0.5, 0.6) is 0 Å².